The first-order valence-corrected chi connectivity index (χ1v) is 15.5. The van der Waals surface area contributed by atoms with Crippen LogP contribution in [-0.4, -0.2) is 69.9 Å². The van der Waals surface area contributed by atoms with Crippen molar-refractivity contribution >= 4 is 56.0 Å². The molecular weight excluding hydrogens is 581 g/mol. The van der Waals surface area contributed by atoms with Crippen LogP contribution < -0.4 is 15.9 Å². The molecule has 1 aliphatic rings. The number of halogens is 1. The Kier molecular flexibility index (Phi) is 9.14. The van der Waals surface area contributed by atoms with Gasteiger partial charge >= 0.3 is 5.97 Å². The molecule has 0 saturated carbocycles. The van der Waals surface area contributed by atoms with Gasteiger partial charge in [0.2, 0.25) is 5.91 Å². The number of rotatable bonds is 11. The minimum absolute atomic E-state index is 0.00585. The number of hydrogen-bond acceptors (Lipinski definition) is 5. The Hall–Kier alpha value is -2.74. The quantitative estimate of drug-likeness (QED) is 0.149. The zero-order valence-electron chi connectivity index (χ0n) is 22.1. The van der Waals surface area contributed by atoms with Gasteiger partial charge in [0, 0.05) is 27.5 Å². The number of amides is 1. The number of methoxy groups -OCH3 is 2. The van der Waals surface area contributed by atoms with Crippen LogP contribution in [0.1, 0.15) is 13.3 Å². The van der Waals surface area contributed by atoms with E-state index in [1.807, 2.05) is 91.0 Å². The Bertz CT molecular complexity index is 1230. The van der Waals surface area contributed by atoms with E-state index in [-0.39, 0.29) is 17.2 Å². The summed E-state index contributed by atoms with van der Waals surface area (Å²) >= 11 is 3.45. The molecule has 1 aliphatic heterocycles. The number of alkyl halides is 1. The summed E-state index contributed by atoms with van der Waals surface area (Å²) in [7, 11) is 3.01. The second kappa shape index (κ2) is 12.2. The average Bonchev–Trinajstić information content (AvgIpc) is 2.96. The van der Waals surface area contributed by atoms with Crippen molar-refractivity contribution in [1.82, 2.24) is 4.90 Å². The van der Waals surface area contributed by atoms with Gasteiger partial charge in [0.15, 0.2) is 5.79 Å². The van der Waals surface area contributed by atoms with E-state index in [0.717, 1.165) is 15.9 Å². The van der Waals surface area contributed by atoms with E-state index < -0.39 is 42.6 Å². The summed E-state index contributed by atoms with van der Waals surface area (Å²) < 4.78 is 11.4. The normalized spacial score (nSPS) is 18.4. The fourth-order valence-corrected chi connectivity index (χ4v) is 10.5. The highest BCUT2D eigenvalue weighted by molar-refractivity contribution is 9.09. The van der Waals surface area contributed by atoms with Crippen molar-refractivity contribution < 1.29 is 29.3 Å². The number of aliphatic hydroxyl groups excluding tert-OH is 1. The van der Waals surface area contributed by atoms with E-state index in [1.54, 1.807) is 6.92 Å². The number of β-lactam (4-membered cyclic amide) rings is 1. The van der Waals surface area contributed by atoms with Gasteiger partial charge in [-0.3, -0.25) is 4.79 Å². The second-order valence-corrected chi connectivity index (χ2v) is 13.4. The lowest BCUT2D eigenvalue weighted by Crippen LogP contribution is -2.69. The van der Waals surface area contributed by atoms with E-state index in [0.29, 0.717) is 0 Å². The Morgan fingerprint density at radius 3 is 1.64 bits per heavy atom. The summed E-state index contributed by atoms with van der Waals surface area (Å²) in [4.78, 5) is 28.7. The number of carbonyl (C=O) groups is 2. The van der Waals surface area contributed by atoms with Crippen LogP contribution in [-0.2, 0) is 19.1 Å². The molecule has 1 amide bonds. The highest BCUT2D eigenvalue weighted by Gasteiger charge is 2.57. The number of likely N-dealkylation sites (tertiary alicyclic amines) is 1. The van der Waals surface area contributed by atoms with Crippen molar-refractivity contribution in [2.45, 2.75) is 31.3 Å². The van der Waals surface area contributed by atoms with Gasteiger partial charge in [-0.2, -0.15) is 0 Å². The van der Waals surface area contributed by atoms with Gasteiger partial charge in [0.25, 0.3) is 0 Å². The molecule has 3 aromatic carbocycles. The third-order valence-corrected chi connectivity index (χ3v) is 12.5. The predicted molar refractivity (Wildman–Crippen MR) is 159 cm³/mol. The Morgan fingerprint density at radius 1 is 0.923 bits per heavy atom. The highest BCUT2D eigenvalue weighted by Crippen LogP contribution is 2.50. The van der Waals surface area contributed by atoms with Crippen molar-refractivity contribution in [3.63, 3.8) is 0 Å². The SMILES string of the molecule is COC(CBr)(C[C@@H]1[C@@H](C(C)O)C(=O)N1C(C(=O)O)=P(c1ccccc1)(c1ccccc1)c1ccccc1)OC. The van der Waals surface area contributed by atoms with Gasteiger partial charge < -0.3 is 24.6 Å². The monoisotopic (exact) mass is 613 g/mol. The molecule has 1 saturated heterocycles. The molecule has 2 N–H and O–H groups in total. The van der Waals surface area contributed by atoms with Gasteiger partial charge in [0.05, 0.1) is 23.4 Å². The first-order valence-electron chi connectivity index (χ1n) is 12.6. The molecule has 1 fully saturated rings. The molecule has 0 aromatic heterocycles. The van der Waals surface area contributed by atoms with Gasteiger partial charge in [0.1, 0.15) is 5.42 Å². The molecule has 0 aliphatic carbocycles. The zero-order chi connectivity index (χ0) is 28.2. The van der Waals surface area contributed by atoms with Crippen molar-refractivity contribution in [3.05, 3.63) is 91.0 Å². The Morgan fingerprint density at radius 2 is 1.33 bits per heavy atom. The van der Waals surface area contributed by atoms with Gasteiger partial charge in [-0.25, -0.2) is 4.79 Å². The maximum Gasteiger partial charge on any atom is 0.353 e. The number of aliphatic carboxylic acids is 1. The van der Waals surface area contributed by atoms with Gasteiger partial charge in [-0.15, -0.1) is 0 Å². The predicted octanol–water partition coefficient (Wildman–Crippen LogP) is 3.18. The zero-order valence-corrected chi connectivity index (χ0v) is 24.6. The molecule has 0 radical (unpaired) electrons. The van der Waals surface area contributed by atoms with Crippen LogP contribution in [0.4, 0.5) is 0 Å². The lowest BCUT2D eigenvalue weighted by Gasteiger charge is -2.52. The minimum atomic E-state index is -3.12. The molecule has 39 heavy (non-hydrogen) atoms. The maximum atomic E-state index is 13.9. The lowest BCUT2D eigenvalue weighted by atomic mass is 9.79. The van der Waals surface area contributed by atoms with Crippen LogP contribution in [0.3, 0.4) is 0 Å². The largest absolute Gasteiger partial charge is 0.477 e. The smallest absolute Gasteiger partial charge is 0.353 e. The van der Waals surface area contributed by atoms with Crippen LogP contribution in [0.5, 0.6) is 0 Å². The molecule has 1 unspecified atom stereocenters. The molecule has 0 bridgehead atoms. The summed E-state index contributed by atoms with van der Waals surface area (Å²) in [6.07, 6.45) is -0.838. The summed E-state index contributed by atoms with van der Waals surface area (Å²) in [5.41, 5.74) is -0.00585. The Labute approximate surface area is 237 Å². The number of carboxylic acids is 1. The number of carboxylic acid groups (broad SMARTS) is 1. The standard InChI is InChI=1S/C30H33BrNO6P/c1-21(33)26-25(19-30(20-31,37-2)38-3)32(27(26)34)28(29(35)36)39(22-13-7-4-8-14-22,23-15-9-5-10-16-23)24-17-11-6-12-18-24/h4-18,21,25-26,33H,19-20H2,1-3H3,(H,35,36)/t21?,25-,26-/m1/s1. The topological polar surface area (TPSA) is 96.3 Å². The lowest BCUT2D eigenvalue weighted by molar-refractivity contribution is -0.211. The summed E-state index contributed by atoms with van der Waals surface area (Å²) in [6.45, 7) is -1.56. The van der Waals surface area contributed by atoms with Crippen LogP contribution >= 0.6 is 22.8 Å². The number of aliphatic hydroxyl groups is 1. The molecule has 206 valence electrons. The van der Waals surface area contributed by atoms with Crippen LogP contribution in [0.25, 0.3) is 0 Å². The number of nitrogens with zero attached hydrogens (tertiary/aromatic N) is 1. The number of ether oxygens (including phenoxy) is 2. The molecule has 3 aromatic rings. The maximum absolute atomic E-state index is 13.9. The second-order valence-electron chi connectivity index (χ2n) is 9.50. The fourth-order valence-electron chi connectivity index (χ4n) is 5.48. The van der Waals surface area contributed by atoms with E-state index >= 15 is 0 Å². The van der Waals surface area contributed by atoms with E-state index in [1.165, 1.54) is 19.1 Å². The van der Waals surface area contributed by atoms with Crippen LogP contribution in [0, 0.1) is 5.92 Å². The molecule has 0 spiro atoms. The molecule has 9 heteroatoms. The third kappa shape index (κ3) is 5.12. The van der Waals surface area contributed by atoms with Crippen molar-refractivity contribution in [3.8, 4) is 0 Å². The molecule has 4 rings (SSSR count). The van der Waals surface area contributed by atoms with Crippen molar-refractivity contribution in [2.24, 2.45) is 5.92 Å². The van der Waals surface area contributed by atoms with Gasteiger partial charge in [-0.1, -0.05) is 107 Å². The van der Waals surface area contributed by atoms with Crippen molar-refractivity contribution in [2.75, 3.05) is 19.5 Å². The van der Waals surface area contributed by atoms with Crippen LogP contribution in [0.15, 0.2) is 91.0 Å². The van der Waals surface area contributed by atoms with E-state index in [4.69, 9.17) is 9.47 Å². The molecule has 3 atom stereocenters. The van der Waals surface area contributed by atoms with Gasteiger partial charge in [-0.05, 0) is 22.8 Å². The number of benzene rings is 3. The fraction of sp³-hybridized carbons (Fsp3) is 0.300. The molecule has 7 nitrogen and oxygen atoms in total. The van der Waals surface area contributed by atoms with E-state index in [2.05, 4.69) is 15.9 Å². The number of carbonyl (C=O) groups excluding carboxylic acids is 1. The minimum Gasteiger partial charge on any atom is -0.477 e. The average molecular weight is 614 g/mol. The summed E-state index contributed by atoms with van der Waals surface area (Å²) in [5.74, 6) is -3.57. The molecule has 1 heterocycles. The first kappa shape index (κ1) is 29.2. The number of hydrogen-bond donors (Lipinski definition) is 2. The Balaban J connectivity index is 2.15. The highest BCUT2D eigenvalue weighted by atomic mass is 79.9. The van der Waals surface area contributed by atoms with E-state index in [9.17, 15) is 19.8 Å². The third-order valence-electron chi connectivity index (χ3n) is 7.42. The first-order chi connectivity index (χ1) is 18.8. The van der Waals surface area contributed by atoms with Crippen molar-refractivity contribution in [1.29, 1.82) is 0 Å². The summed E-state index contributed by atoms with van der Waals surface area (Å²) in [6, 6.07) is 27.8. The molecular formula is C30H33BrNO6P. The van der Waals surface area contributed by atoms with Crippen LogP contribution in [0.2, 0.25) is 0 Å². The summed E-state index contributed by atoms with van der Waals surface area (Å²) in [5, 5.41) is 24.3.